The molecular formula is C24H23ClN4O3. The van der Waals surface area contributed by atoms with Crippen LogP contribution in [0.25, 0.3) is 11.4 Å². The molecular weight excluding hydrogens is 428 g/mol. The third-order valence-electron chi connectivity index (χ3n) is 6.22. The first-order valence-electron chi connectivity index (χ1n) is 10.8. The van der Waals surface area contributed by atoms with Gasteiger partial charge in [-0.25, -0.2) is 0 Å². The number of carbonyl (C=O) groups excluding carboxylic acids is 2. The number of aromatic nitrogens is 2. The lowest BCUT2D eigenvalue weighted by Gasteiger charge is -2.20. The van der Waals surface area contributed by atoms with E-state index in [0.717, 1.165) is 29.7 Å². The largest absolute Gasteiger partial charge is 0.352 e. The lowest BCUT2D eigenvalue weighted by atomic mass is 9.85. The molecule has 0 unspecified atom stereocenters. The second-order valence-electron chi connectivity index (χ2n) is 8.35. The molecule has 7 nitrogen and oxygen atoms in total. The molecule has 2 fully saturated rings. The van der Waals surface area contributed by atoms with Gasteiger partial charge in [-0.15, -0.1) is 0 Å². The fraction of sp³-hybridized carbons (Fsp3) is 0.333. The molecule has 1 aromatic heterocycles. The van der Waals surface area contributed by atoms with Crippen molar-refractivity contribution in [2.75, 3.05) is 11.4 Å². The molecule has 2 amide bonds. The third-order valence-corrected chi connectivity index (χ3v) is 6.59. The summed E-state index contributed by atoms with van der Waals surface area (Å²) in [6, 6.07) is 14.9. The van der Waals surface area contributed by atoms with E-state index in [4.69, 9.17) is 16.1 Å². The van der Waals surface area contributed by atoms with Gasteiger partial charge >= 0.3 is 0 Å². The first-order chi connectivity index (χ1) is 15.6. The highest BCUT2D eigenvalue weighted by molar-refractivity contribution is 6.31. The van der Waals surface area contributed by atoms with Gasteiger partial charge in [0, 0.05) is 41.7 Å². The predicted octanol–water partition coefficient (Wildman–Crippen LogP) is 4.33. The average Bonchev–Trinajstić information content (AvgIpc) is 3.39. The van der Waals surface area contributed by atoms with Crippen molar-refractivity contribution in [2.45, 2.75) is 38.1 Å². The van der Waals surface area contributed by atoms with Crippen molar-refractivity contribution in [3.63, 3.8) is 0 Å². The van der Waals surface area contributed by atoms with E-state index in [2.05, 4.69) is 15.5 Å². The van der Waals surface area contributed by atoms with E-state index in [0.29, 0.717) is 35.7 Å². The predicted molar refractivity (Wildman–Crippen MR) is 120 cm³/mol. The van der Waals surface area contributed by atoms with Crippen LogP contribution in [0.3, 0.4) is 0 Å². The van der Waals surface area contributed by atoms with Gasteiger partial charge in [0.2, 0.25) is 23.5 Å². The Morgan fingerprint density at radius 2 is 2.03 bits per heavy atom. The van der Waals surface area contributed by atoms with Crippen LogP contribution in [-0.4, -0.2) is 28.5 Å². The Kier molecular flexibility index (Phi) is 5.66. The molecule has 0 spiro atoms. The topological polar surface area (TPSA) is 88.3 Å². The Morgan fingerprint density at radius 3 is 2.81 bits per heavy atom. The maximum absolute atomic E-state index is 12.7. The molecule has 0 bridgehead atoms. The highest BCUT2D eigenvalue weighted by Crippen LogP contribution is 2.36. The fourth-order valence-electron chi connectivity index (χ4n) is 4.09. The molecule has 1 aliphatic heterocycles. The molecule has 1 N–H and O–H groups in total. The Hall–Kier alpha value is -3.19. The number of anilines is 1. The van der Waals surface area contributed by atoms with Crippen LogP contribution in [0.1, 0.15) is 43.1 Å². The lowest BCUT2D eigenvalue weighted by Crippen LogP contribution is -2.32. The second-order valence-corrected chi connectivity index (χ2v) is 8.76. The van der Waals surface area contributed by atoms with Crippen LogP contribution in [0.15, 0.2) is 53.1 Å². The van der Waals surface area contributed by atoms with E-state index in [9.17, 15) is 9.59 Å². The summed E-state index contributed by atoms with van der Waals surface area (Å²) in [5.41, 5.74) is 2.36. The minimum absolute atomic E-state index is 0.0803. The Bertz CT molecular complexity index is 1160. The quantitative estimate of drug-likeness (QED) is 0.604. The van der Waals surface area contributed by atoms with E-state index in [1.54, 1.807) is 11.0 Å². The molecule has 32 heavy (non-hydrogen) atoms. The molecule has 2 aliphatic rings. The van der Waals surface area contributed by atoms with Crippen LogP contribution >= 0.6 is 11.6 Å². The van der Waals surface area contributed by atoms with Crippen molar-refractivity contribution >= 4 is 29.1 Å². The summed E-state index contributed by atoms with van der Waals surface area (Å²) in [7, 11) is 0. The fourth-order valence-corrected chi connectivity index (χ4v) is 4.29. The maximum atomic E-state index is 12.7. The number of carbonyl (C=O) groups is 2. The van der Waals surface area contributed by atoms with Gasteiger partial charge in [0.15, 0.2) is 0 Å². The lowest BCUT2D eigenvalue weighted by molar-refractivity contribution is -0.126. The van der Waals surface area contributed by atoms with Crippen molar-refractivity contribution in [3.8, 4) is 11.4 Å². The van der Waals surface area contributed by atoms with Gasteiger partial charge in [-0.2, -0.15) is 4.98 Å². The van der Waals surface area contributed by atoms with Crippen LogP contribution in [-0.2, 0) is 16.1 Å². The van der Waals surface area contributed by atoms with Gasteiger partial charge in [-0.05, 0) is 36.6 Å². The van der Waals surface area contributed by atoms with E-state index in [1.807, 2.05) is 42.5 Å². The van der Waals surface area contributed by atoms with Gasteiger partial charge in [-0.1, -0.05) is 53.5 Å². The average molecular weight is 451 g/mol. The summed E-state index contributed by atoms with van der Waals surface area (Å²) >= 11 is 6.16. The molecule has 1 atom stereocenters. The number of nitrogens with zero attached hydrogens (tertiary/aromatic N) is 3. The number of benzene rings is 2. The molecule has 5 rings (SSSR count). The van der Waals surface area contributed by atoms with Crippen molar-refractivity contribution in [1.82, 2.24) is 15.5 Å². The molecule has 2 heterocycles. The van der Waals surface area contributed by atoms with Crippen LogP contribution in [0.5, 0.6) is 0 Å². The van der Waals surface area contributed by atoms with Crippen LogP contribution in [0.4, 0.5) is 5.69 Å². The molecule has 8 heteroatoms. The van der Waals surface area contributed by atoms with Crippen LogP contribution in [0, 0.1) is 5.92 Å². The van der Waals surface area contributed by atoms with Gasteiger partial charge < -0.3 is 14.7 Å². The highest BCUT2D eigenvalue weighted by atomic mass is 35.5. The van der Waals surface area contributed by atoms with Crippen LogP contribution < -0.4 is 10.2 Å². The van der Waals surface area contributed by atoms with E-state index < -0.39 is 5.92 Å². The zero-order valence-corrected chi connectivity index (χ0v) is 18.2. The number of amides is 2. The van der Waals surface area contributed by atoms with Gasteiger partial charge in [0.05, 0.1) is 5.92 Å². The Morgan fingerprint density at radius 1 is 1.19 bits per heavy atom. The summed E-state index contributed by atoms with van der Waals surface area (Å²) in [6.07, 6.45) is 3.54. The zero-order valence-electron chi connectivity index (χ0n) is 17.5. The number of hydrogen-bond donors (Lipinski definition) is 1. The summed E-state index contributed by atoms with van der Waals surface area (Å²) in [5.74, 6) is 0.927. The van der Waals surface area contributed by atoms with Gasteiger partial charge in [-0.3, -0.25) is 9.59 Å². The Balaban J connectivity index is 1.26. The Labute approximate surface area is 190 Å². The standard InChI is InChI=1S/C24H23ClN4O3/c25-20-10-2-1-5-17(20)13-26-23(31)18-12-21(30)29(14-18)19-9-4-8-16(11-19)22-27-24(32-28-22)15-6-3-7-15/h1-2,4-5,8-11,15,18H,3,6-7,12-14H2,(H,26,31)/t18-/m1/s1. The van der Waals surface area contributed by atoms with E-state index in [1.165, 1.54) is 6.42 Å². The summed E-state index contributed by atoms with van der Waals surface area (Å²) < 4.78 is 5.43. The van der Waals surface area contributed by atoms with Gasteiger partial charge in [0.1, 0.15) is 0 Å². The van der Waals surface area contributed by atoms with Gasteiger partial charge in [0.25, 0.3) is 0 Å². The molecule has 0 radical (unpaired) electrons. The number of halogens is 1. The van der Waals surface area contributed by atoms with E-state index >= 15 is 0 Å². The number of hydrogen-bond acceptors (Lipinski definition) is 5. The normalized spacial score (nSPS) is 18.6. The van der Waals surface area contributed by atoms with Crippen molar-refractivity contribution in [3.05, 3.63) is 65.0 Å². The minimum atomic E-state index is -0.413. The monoisotopic (exact) mass is 450 g/mol. The smallest absolute Gasteiger partial charge is 0.230 e. The van der Waals surface area contributed by atoms with E-state index in [-0.39, 0.29) is 18.2 Å². The first kappa shape index (κ1) is 20.7. The SMILES string of the molecule is O=C(NCc1ccccc1Cl)[C@@H]1CC(=O)N(c2cccc(-c3noc(C4CCC4)n3)c2)C1. The van der Waals surface area contributed by atoms with Crippen molar-refractivity contribution in [1.29, 1.82) is 0 Å². The summed E-state index contributed by atoms with van der Waals surface area (Å²) in [5, 5.41) is 7.62. The molecule has 3 aromatic rings. The van der Waals surface area contributed by atoms with Crippen LogP contribution in [0.2, 0.25) is 5.02 Å². The molecule has 1 saturated carbocycles. The number of nitrogens with one attached hydrogen (secondary N) is 1. The number of rotatable bonds is 6. The molecule has 2 aromatic carbocycles. The molecule has 1 aliphatic carbocycles. The maximum Gasteiger partial charge on any atom is 0.230 e. The highest BCUT2D eigenvalue weighted by Gasteiger charge is 2.35. The summed E-state index contributed by atoms with van der Waals surface area (Å²) in [6.45, 7) is 0.663. The summed E-state index contributed by atoms with van der Waals surface area (Å²) in [4.78, 5) is 31.5. The molecule has 1 saturated heterocycles. The second kappa shape index (κ2) is 8.74. The van der Waals surface area contributed by atoms with Crippen molar-refractivity contribution in [2.24, 2.45) is 5.92 Å². The zero-order chi connectivity index (χ0) is 22.1. The molecule has 164 valence electrons. The van der Waals surface area contributed by atoms with Crippen molar-refractivity contribution < 1.29 is 14.1 Å². The first-order valence-corrected chi connectivity index (χ1v) is 11.2. The third kappa shape index (κ3) is 4.12. The minimum Gasteiger partial charge on any atom is -0.352 e.